The van der Waals surface area contributed by atoms with Crippen LogP contribution in [0.5, 0.6) is 0 Å². The van der Waals surface area contributed by atoms with Crippen molar-refractivity contribution in [3.05, 3.63) is 26.9 Å². The number of nitrogens with zero attached hydrogens (tertiary/aromatic N) is 1. The summed E-state index contributed by atoms with van der Waals surface area (Å²) < 4.78 is 7.22. The highest BCUT2D eigenvalue weighted by Gasteiger charge is 2.11. The fourth-order valence-corrected chi connectivity index (χ4v) is 2.41. The van der Waals surface area contributed by atoms with Gasteiger partial charge in [0, 0.05) is 21.7 Å². The Kier molecular flexibility index (Phi) is 5.74. The van der Waals surface area contributed by atoms with E-state index in [1.165, 1.54) is 0 Å². The molecular weight excluding hydrogens is 324 g/mol. The molecule has 1 aromatic heterocycles. The van der Waals surface area contributed by atoms with E-state index in [1.54, 1.807) is 6.20 Å². The lowest BCUT2D eigenvalue weighted by atomic mass is 10.2. The summed E-state index contributed by atoms with van der Waals surface area (Å²) in [5, 5.41) is 0. The molecule has 1 aromatic rings. The third-order valence-corrected chi connectivity index (χ3v) is 2.90. The van der Waals surface area contributed by atoms with Gasteiger partial charge in [-0.3, -0.25) is 4.98 Å². The molecule has 1 heterocycles. The van der Waals surface area contributed by atoms with Crippen molar-refractivity contribution >= 4 is 31.9 Å². The first kappa shape index (κ1) is 13.1. The van der Waals surface area contributed by atoms with Gasteiger partial charge in [-0.05, 0) is 44.3 Å². The zero-order valence-corrected chi connectivity index (χ0v) is 11.7. The Morgan fingerprint density at radius 1 is 1.53 bits per heavy atom. The third kappa shape index (κ3) is 4.18. The number of aromatic nitrogens is 1. The molecule has 1 atom stereocenters. The molecular formula is C10H14Br2N2O. The van der Waals surface area contributed by atoms with Crippen molar-refractivity contribution in [2.45, 2.75) is 19.4 Å². The molecule has 2 N–H and O–H groups in total. The smallest absolute Gasteiger partial charge is 0.0737 e. The number of hydrogen-bond donors (Lipinski definition) is 1. The van der Waals surface area contributed by atoms with Crippen molar-refractivity contribution in [2.24, 2.45) is 5.73 Å². The average molecular weight is 338 g/mol. The summed E-state index contributed by atoms with van der Waals surface area (Å²) in [6.45, 7) is 3.31. The Balaban J connectivity index is 2.61. The van der Waals surface area contributed by atoms with Gasteiger partial charge in [-0.25, -0.2) is 0 Å². The van der Waals surface area contributed by atoms with E-state index in [-0.39, 0.29) is 6.04 Å². The van der Waals surface area contributed by atoms with Crippen molar-refractivity contribution in [1.29, 1.82) is 0 Å². The summed E-state index contributed by atoms with van der Waals surface area (Å²) in [6, 6.07) is 1.75. The minimum absolute atomic E-state index is 0.181. The molecule has 0 aromatic carbocycles. The van der Waals surface area contributed by atoms with Gasteiger partial charge in [-0.2, -0.15) is 0 Å². The molecule has 0 fully saturated rings. The Morgan fingerprint density at radius 3 is 2.87 bits per heavy atom. The standard InChI is InChI=1S/C10H14Br2N2O/c1-2-3-15-6-9(13)10-8(12)4-7(11)5-14-10/h4-5,9H,2-3,6,13H2,1H3. The van der Waals surface area contributed by atoms with Gasteiger partial charge in [0.15, 0.2) is 0 Å². The predicted octanol–water partition coefficient (Wildman–Crippen LogP) is 3.03. The Bertz CT molecular complexity index is 320. The molecule has 1 rings (SSSR count). The molecule has 1 unspecified atom stereocenters. The SMILES string of the molecule is CCCOCC(N)c1ncc(Br)cc1Br. The summed E-state index contributed by atoms with van der Waals surface area (Å²) >= 11 is 6.77. The van der Waals surface area contributed by atoms with E-state index in [0.29, 0.717) is 6.61 Å². The van der Waals surface area contributed by atoms with Gasteiger partial charge in [-0.1, -0.05) is 6.92 Å². The summed E-state index contributed by atoms with van der Waals surface area (Å²) in [7, 11) is 0. The second-order valence-electron chi connectivity index (χ2n) is 3.20. The molecule has 0 aliphatic heterocycles. The van der Waals surface area contributed by atoms with Crippen molar-refractivity contribution in [3.63, 3.8) is 0 Å². The molecule has 0 spiro atoms. The van der Waals surface area contributed by atoms with E-state index in [2.05, 4.69) is 43.8 Å². The van der Waals surface area contributed by atoms with Crippen LogP contribution in [-0.2, 0) is 4.74 Å². The summed E-state index contributed by atoms with van der Waals surface area (Å²) in [6.07, 6.45) is 2.74. The lowest BCUT2D eigenvalue weighted by Gasteiger charge is -2.13. The molecule has 84 valence electrons. The maximum absolute atomic E-state index is 5.95. The fourth-order valence-electron chi connectivity index (χ4n) is 1.13. The molecule has 0 amide bonds. The molecule has 0 radical (unpaired) electrons. The van der Waals surface area contributed by atoms with Gasteiger partial charge in [0.05, 0.1) is 18.3 Å². The number of halogens is 2. The second-order valence-corrected chi connectivity index (χ2v) is 4.97. The van der Waals surface area contributed by atoms with E-state index in [9.17, 15) is 0 Å². The molecule has 0 saturated carbocycles. The number of rotatable bonds is 5. The van der Waals surface area contributed by atoms with Gasteiger partial charge in [0.25, 0.3) is 0 Å². The fraction of sp³-hybridized carbons (Fsp3) is 0.500. The predicted molar refractivity (Wildman–Crippen MR) is 67.7 cm³/mol. The third-order valence-electron chi connectivity index (χ3n) is 1.83. The van der Waals surface area contributed by atoms with Gasteiger partial charge in [0.2, 0.25) is 0 Å². The maximum Gasteiger partial charge on any atom is 0.0737 e. The lowest BCUT2D eigenvalue weighted by molar-refractivity contribution is 0.120. The minimum atomic E-state index is -0.181. The summed E-state index contributed by atoms with van der Waals surface area (Å²) in [5.41, 5.74) is 6.78. The van der Waals surface area contributed by atoms with Gasteiger partial charge < -0.3 is 10.5 Å². The second kappa shape index (κ2) is 6.58. The van der Waals surface area contributed by atoms with Crippen LogP contribution >= 0.6 is 31.9 Å². The topological polar surface area (TPSA) is 48.1 Å². The Labute approximate surface area is 107 Å². The summed E-state index contributed by atoms with van der Waals surface area (Å²) in [4.78, 5) is 4.26. The number of ether oxygens (including phenoxy) is 1. The van der Waals surface area contributed by atoms with Crippen molar-refractivity contribution in [3.8, 4) is 0 Å². The zero-order valence-electron chi connectivity index (χ0n) is 8.54. The number of pyridine rings is 1. The molecule has 5 heteroatoms. The van der Waals surface area contributed by atoms with Crippen LogP contribution in [-0.4, -0.2) is 18.2 Å². The van der Waals surface area contributed by atoms with Crippen LogP contribution in [0, 0.1) is 0 Å². The first-order valence-electron chi connectivity index (χ1n) is 4.79. The van der Waals surface area contributed by atoms with Crippen molar-refractivity contribution < 1.29 is 4.74 Å². The zero-order chi connectivity index (χ0) is 11.3. The highest BCUT2D eigenvalue weighted by atomic mass is 79.9. The van der Waals surface area contributed by atoms with Crippen LogP contribution in [0.25, 0.3) is 0 Å². The first-order valence-corrected chi connectivity index (χ1v) is 6.38. The van der Waals surface area contributed by atoms with Crippen LogP contribution in [0.1, 0.15) is 25.1 Å². The highest BCUT2D eigenvalue weighted by Crippen LogP contribution is 2.23. The van der Waals surface area contributed by atoms with Crippen LogP contribution in [0.15, 0.2) is 21.2 Å². The number of hydrogen-bond acceptors (Lipinski definition) is 3. The van der Waals surface area contributed by atoms with Crippen molar-refractivity contribution in [1.82, 2.24) is 4.98 Å². The molecule has 15 heavy (non-hydrogen) atoms. The van der Waals surface area contributed by atoms with Crippen LogP contribution in [0.4, 0.5) is 0 Å². The van der Waals surface area contributed by atoms with E-state index in [1.807, 2.05) is 6.07 Å². The quantitative estimate of drug-likeness (QED) is 0.840. The molecule has 0 aliphatic carbocycles. The highest BCUT2D eigenvalue weighted by molar-refractivity contribution is 9.11. The van der Waals surface area contributed by atoms with E-state index >= 15 is 0 Å². The average Bonchev–Trinajstić information content (AvgIpc) is 2.17. The molecule has 0 saturated heterocycles. The van der Waals surface area contributed by atoms with E-state index in [4.69, 9.17) is 10.5 Å². The van der Waals surface area contributed by atoms with Crippen LogP contribution < -0.4 is 5.73 Å². The Hall–Kier alpha value is 0.0300. The maximum atomic E-state index is 5.95. The van der Waals surface area contributed by atoms with Gasteiger partial charge in [0.1, 0.15) is 0 Å². The van der Waals surface area contributed by atoms with E-state index in [0.717, 1.165) is 27.7 Å². The van der Waals surface area contributed by atoms with Gasteiger partial charge >= 0.3 is 0 Å². The molecule has 0 bridgehead atoms. The first-order chi connectivity index (χ1) is 7.15. The van der Waals surface area contributed by atoms with Crippen LogP contribution in [0.2, 0.25) is 0 Å². The van der Waals surface area contributed by atoms with Crippen molar-refractivity contribution in [2.75, 3.05) is 13.2 Å². The van der Waals surface area contributed by atoms with E-state index < -0.39 is 0 Å². The normalized spacial score (nSPS) is 12.8. The largest absolute Gasteiger partial charge is 0.379 e. The molecule has 0 aliphatic rings. The van der Waals surface area contributed by atoms with Crippen LogP contribution in [0.3, 0.4) is 0 Å². The number of nitrogens with two attached hydrogens (primary N) is 1. The Morgan fingerprint density at radius 2 is 2.27 bits per heavy atom. The summed E-state index contributed by atoms with van der Waals surface area (Å²) in [5.74, 6) is 0. The monoisotopic (exact) mass is 336 g/mol. The lowest BCUT2D eigenvalue weighted by Crippen LogP contribution is -2.19. The van der Waals surface area contributed by atoms with Gasteiger partial charge in [-0.15, -0.1) is 0 Å². The minimum Gasteiger partial charge on any atom is -0.379 e. The molecule has 3 nitrogen and oxygen atoms in total.